The van der Waals surface area contributed by atoms with Crippen LogP contribution in [0.15, 0.2) is 0 Å². The van der Waals surface area contributed by atoms with Gasteiger partial charge in [0.05, 0.1) is 6.10 Å². The molecule has 1 rings (SSSR count). The van der Waals surface area contributed by atoms with E-state index in [1.165, 1.54) is 6.42 Å². The molecule has 1 N–H and O–H groups in total. The summed E-state index contributed by atoms with van der Waals surface area (Å²) in [7, 11) is 0. The monoisotopic (exact) mass is 142 g/mol. The lowest BCUT2D eigenvalue weighted by Gasteiger charge is -2.18. The van der Waals surface area contributed by atoms with Gasteiger partial charge in [0.15, 0.2) is 0 Å². The topological polar surface area (TPSA) is 20.2 Å². The maximum absolute atomic E-state index is 9.23. The summed E-state index contributed by atoms with van der Waals surface area (Å²) in [5.41, 5.74) is 0.404. The van der Waals surface area contributed by atoms with Gasteiger partial charge in [-0.1, -0.05) is 20.8 Å². The van der Waals surface area contributed by atoms with E-state index in [1.54, 1.807) is 0 Å². The standard InChI is InChI=1S/C9H18O/c1-6(10)7-5-8(7)9(2,3)4/h6-8,10H,5H2,1-4H3. The molecule has 0 amide bonds. The first kappa shape index (κ1) is 8.06. The van der Waals surface area contributed by atoms with Crippen LogP contribution < -0.4 is 0 Å². The van der Waals surface area contributed by atoms with Crippen molar-refractivity contribution in [2.24, 2.45) is 17.3 Å². The van der Waals surface area contributed by atoms with E-state index in [1.807, 2.05) is 6.92 Å². The van der Waals surface area contributed by atoms with Crippen molar-refractivity contribution in [3.63, 3.8) is 0 Å². The molecule has 1 nitrogen and oxygen atoms in total. The molecule has 60 valence electrons. The van der Waals surface area contributed by atoms with E-state index < -0.39 is 0 Å². The van der Waals surface area contributed by atoms with E-state index in [2.05, 4.69) is 20.8 Å². The largest absolute Gasteiger partial charge is 0.393 e. The van der Waals surface area contributed by atoms with Gasteiger partial charge in [0.1, 0.15) is 0 Å². The van der Waals surface area contributed by atoms with Gasteiger partial charge in [-0.3, -0.25) is 0 Å². The van der Waals surface area contributed by atoms with Gasteiger partial charge in [0.2, 0.25) is 0 Å². The summed E-state index contributed by atoms with van der Waals surface area (Å²) in [6, 6.07) is 0. The highest BCUT2D eigenvalue weighted by Crippen LogP contribution is 2.52. The van der Waals surface area contributed by atoms with E-state index in [9.17, 15) is 5.11 Å². The number of rotatable bonds is 1. The first-order chi connectivity index (χ1) is 4.43. The second kappa shape index (κ2) is 2.23. The van der Waals surface area contributed by atoms with E-state index in [0.29, 0.717) is 11.3 Å². The van der Waals surface area contributed by atoms with Crippen LogP contribution in [0.1, 0.15) is 34.1 Å². The molecule has 3 unspecified atom stereocenters. The molecule has 1 saturated carbocycles. The SMILES string of the molecule is CC(O)C1CC1C(C)(C)C. The molecule has 0 saturated heterocycles. The molecule has 1 fully saturated rings. The summed E-state index contributed by atoms with van der Waals surface area (Å²) >= 11 is 0. The molecule has 1 heteroatoms. The van der Waals surface area contributed by atoms with Crippen molar-refractivity contribution in [1.82, 2.24) is 0 Å². The highest BCUT2D eigenvalue weighted by molar-refractivity contribution is 4.96. The minimum absolute atomic E-state index is 0.0933. The molecule has 1 aliphatic rings. The van der Waals surface area contributed by atoms with Crippen molar-refractivity contribution in [3.8, 4) is 0 Å². The molecule has 1 aliphatic carbocycles. The van der Waals surface area contributed by atoms with Crippen LogP contribution in [0.2, 0.25) is 0 Å². The van der Waals surface area contributed by atoms with Crippen molar-refractivity contribution in [3.05, 3.63) is 0 Å². The Morgan fingerprint density at radius 3 is 2.00 bits per heavy atom. The maximum atomic E-state index is 9.23. The molecule has 3 atom stereocenters. The van der Waals surface area contributed by atoms with Crippen LogP contribution in [0.25, 0.3) is 0 Å². The van der Waals surface area contributed by atoms with Gasteiger partial charge in [-0.2, -0.15) is 0 Å². The van der Waals surface area contributed by atoms with Gasteiger partial charge in [0.25, 0.3) is 0 Å². The van der Waals surface area contributed by atoms with E-state index >= 15 is 0 Å². The van der Waals surface area contributed by atoms with Gasteiger partial charge in [-0.15, -0.1) is 0 Å². The summed E-state index contributed by atoms with van der Waals surface area (Å²) in [6.45, 7) is 8.65. The summed E-state index contributed by atoms with van der Waals surface area (Å²) in [5, 5.41) is 9.23. The lowest BCUT2D eigenvalue weighted by atomic mass is 9.88. The van der Waals surface area contributed by atoms with Crippen molar-refractivity contribution in [2.75, 3.05) is 0 Å². The summed E-state index contributed by atoms with van der Waals surface area (Å²) in [5.74, 6) is 1.34. The third kappa shape index (κ3) is 1.51. The quantitative estimate of drug-likeness (QED) is 0.594. The van der Waals surface area contributed by atoms with Gasteiger partial charge < -0.3 is 5.11 Å². The van der Waals surface area contributed by atoms with Crippen LogP contribution in [0.4, 0.5) is 0 Å². The van der Waals surface area contributed by atoms with Crippen molar-refractivity contribution < 1.29 is 5.11 Å². The molecular formula is C9H18O. The Balaban J connectivity index is 2.39. The molecule has 0 bridgehead atoms. The zero-order valence-electron chi connectivity index (χ0n) is 7.39. The molecule has 0 spiro atoms. The lowest BCUT2D eigenvalue weighted by Crippen LogP contribution is -2.14. The van der Waals surface area contributed by atoms with Gasteiger partial charge in [-0.05, 0) is 30.6 Å². The fourth-order valence-corrected chi connectivity index (χ4v) is 1.74. The predicted octanol–water partition coefficient (Wildman–Crippen LogP) is 2.05. The average Bonchev–Trinajstić information content (AvgIpc) is 2.35. The highest BCUT2D eigenvalue weighted by atomic mass is 16.3. The van der Waals surface area contributed by atoms with Crippen molar-refractivity contribution >= 4 is 0 Å². The molecule has 0 aromatic rings. The van der Waals surface area contributed by atoms with Crippen LogP contribution in [0.5, 0.6) is 0 Å². The predicted molar refractivity (Wildman–Crippen MR) is 42.7 cm³/mol. The third-order valence-corrected chi connectivity index (χ3v) is 2.57. The Morgan fingerprint density at radius 2 is 1.90 bits per heavy atom. The second-order valence-corrected chi connectivity index (χ2v) is 4.61. The maximum Gasteiger partial charge on any atom is 0.0543 e. The van der Waals surface area contributed by atoms with E-state index in [0.717, 1.165) is 5.92 Å². The molecule has 0 aromatic heterocycles. The van der Waals surface area contributed by atoms with Gasteiger partial charge in [0, 0.05) is 0 Å². The van der Waals surface area contributed by atoms with Gasteiger partial charge >= 0.3 is 0 Å². The van der Waals surface area contributed by atoms with Crippen LogP contribution in [-0.4, -0.2) is 11.2 Å². The smallest absolute Gasteiger partial charge is 0.0543 e. The lowest BCUT2D eigenvalue weighted by molar-refractivity contribution is 0.149. The number of aliphatic hydroxyl groups excluding tert-OH is 1. The van der Waals surface area contributed by atoms with Crippen LogP contribution in [0.3, 0.4) is 0 Å². The van der Waals surface area contributed by atoms with Crippen molar-refractivity contribution in [2.45, 2.75) is 40.2 Å². The van der Waals surface area contributed by atoms with Crippen LogP contribution in [0, 0.1) is 17.3 Å². The van der Waals surface area contributed by atoms with Crippen LogP contribution in [-0.2, 0) is 0 Å². The highest BCUT2D eigenvalue weighted by Gasteiger charge is 2.47. The Morgan fingerprint density at radius 1 is 1.40 bits per heavy atom. The number of aliphatic hydroxyl groups is 1. The average molecular weight is 142 g/mol. The van der Waals surface area contributed by atoms with E-state index in [-0.39, 0.29) is 6.10 Å². The number of hydrogen-bond donors (Lipinski definition) is 1. The Kier molecular flexibility index (Phi) is 1.80. The molecule has 10 heavy (non-hydrogen) atoms. The molecule has 0 radical (unpaired) electrons. The second-order valence-electron chi connectivity index (χ2n) is 4.61. The van der Waals surface area contributed by atoms with Crippen molar-refractivity contribution in [1.29, 1.82) is 0 Å². The zero-order valence-corrected chi connectivity index (χ0v) is 7.39. The molecule has 0 aliphatic heterocycles. The Hall–Kier alpha value is -0.0400. The number of hydrogen-bond acceptors (Lipinski definition) is 1. The fourth-order valence-electron chi connectivity index (χ4n) is 1.74. The fraction of sp³-hybridized carbons (Fsp3) is 1.00. The normalized spacial score (nSPS) is 35.7. The molecule has 0 aromatic carbocycles. The zero-order chi connectivity index (χ0) is 7.94. The molecular weight excluding hydrogens is 124 g/mol. The minimum atomic E-state index is -0.0933. The third-order valence-electron chi connectivity index (χ3n) is 2.57. The first-order valence-electron chi connectivity index (χ1n) is 4.11. The summed E-state index contributed by atoms with van der Waals surface area (Å²) in [4.78, 5) is 0. The van der Waals surface area contributed by atoms with Crippen LogP contribution >= 0.6 is 0 Å². The summed E-state index contributed by atoms with van der Waals surface area (Å²) < 4.78 is 0. The Labute approximate surface area is 63.4 Å². The minimum Gasteiger partial charge on any atom is -0.393 e. The summed E-state index contributed by atoms with van der Waals surface area (Å²) in [6.07, 6.45) is 1.13. The first-order valence-corrected chi connectivity index (χ1v) is 4.11. The Bertz CT molecular complexity index is 121. The van der Waals surface area contributed by atoms with Gasteiger partial charge in [-0.25, -0.2) is 0 Å². The molecule has 0 heterocycles. The van der Waals surface area contributed by atoms with E-state index in [4.69, 9.17) is 0 Å².